The second kappa shape index (κ2) is 4.99. The van der Waals surface area contributed by atoms with E-state index in [1.807, 2.05) is 12.1 Å². The number of hydrogen-bond acceptors (Lipinski definition) is 1. The fraction of sp³-hybridized carbons (Fsp3) is 0.150. The van der Waals surface area contributed by atoms with Crippen molar-refractivity contribution < 1.29 is 0 Å². The van der Waals surface area contributed by atoms with Gasteiger partial charge in [0.15, 0.2) is 0 Å². The van der Waals surface area contributed by atoms with Crippen molar-refractivity contribution in [1.29, 1.82) is 5.41 Å². The lowest BCUT2D eigenvalue weighted by Crippen LogP contribution is -2.10. The minimum absolute atomic E-state index is 0.123. The van der Waals surface area contributed by atoms with Crippen LogP contribution in [0.2, 0.25) is 0 Å². The van der Waals surface area contributed by atoms with Gasteiger partial charge in [-0.3, -0.25) is 5.41 Å². The van der Waals surface area contributed by atoms with Crippen molar-refractivity contribution in [1.82, 2.24) is 0 Å². The summed E-state index contributed by atoms with van der Waals surface area (Å²) in [6.07, 6.45) is 1.24. The molecule has 1 fully saturated rings. The van der Waals surface area contributed by atoms with Crippen molar-refractivity contribution in [2.24, 2.45) is 5.73 Å². The SMILES string of the molecule is N=C(N)c1ccc2cc([C@H]3C[C@H]3c3ccccc3)ccc2c1. The van der Waals surface area contributed by atoms with Crippen molar-refractivity contribution in [2.45, 2.75) is 18.3 Å². The first kappa shape index (κ1) is 13.1. The highest BCUT2D eigenvalue weighted by atomic mass is 14.7. The molecule has 0 spiro atoms. The third kappa shape index (κ3) is 2.27. The topological polar surface area (TPSA) is 49.9 Å². The normalized spacial score (nSPS) is 20.0. The molecule has 0 unspecified atom stereocenters. The van der Waals surface area contributed by atoms with Crippen LogP contribution < -0.4 is 5.73 Å². The number of benzene rings is 3. The van der Waals surface area contributed by atoms with E-state index < -0.39 is 0 Å². The van der Waals surface area contributed by atoms with Gasteiger partial charge < -0.3 is 5.73 Å². The Labute approximate surface area is 130 Å². The molecular weight excluding hydrogens is 268 g/mol. The molecule has 0 aliphatic heterocycles. The number of nitrogens with one attached hydrogen (secondary N) is 1. The molecule has 1 aliphatic rings. The molecule has 1 aliphatic carbocycles. The van der Waals surface area contributed by atoms with E-state index in [1.54, 1.807) is 0 Å². The molecular formula is C20H18N2. The van der Waals surface area contributed by atoms with Crippen LogP contribution in [0.3, 0.4) is 0 Å². The highest BCUT2D eigenvalue weighted by Gasteiger charge is 2.39. The molecule has 0 bridgehead atoms. The molecule has 3 aromatic carbocycles. The van der Waals surface area contributed by atoms with Gasteiger partial charge >= 0.3 is 0 Å². The van der Waals surface area contributed by atoms with Crippen molar-refractivity contribution in [3.05, 3.63) is 83.4 Å². The second-order valence-electron chi connectivity index (χ2n) is 6.09. The lowest BCUT2D eigenvalue weighted by Gasteiger charge is -2.06. The zero-order valence-corrected chi connectivity index (χ0v) is 12.3. The maximum Gasteiger partial charge on any atom is 0.122 e. The van der Waals surface area contributed by atoms with Crippen molar-refractivity contribution in [3.63, 3.8) is 0 Å². The van der Waals surface area contributed by atoms with Crippen LogP contribution in [0.1, 0.15) is 34.9 Å². The van der Waals surface area contributed by atoms with E-state index in [-0.39, 0.29) is 5.84 Å². The van der Waals surface area contributed by atoms with E-state index in [1.165, 1.54) is 22.9 Å². The first-order valence-corrected chi connectivity index (χ1v) is 7.65. The number of amidine groups is 1. The lowest BCUT2D eigenvalue weighted by molar-refractivity contribution is 1.03. The summed E-state index contributed by atoms with van der Waals surface area (Å²) in [6.45, 7) is 0. The average Bonchev–Trinajstić information content (AvgIpc) is 3.35. The first-order valence-electron chi connectivity index (χ1n) is 7.65. The van der Waals surface area contributed by atoms with Crippen LogP contribution >= 0.6 is 0 Å². The van der Waals surface area contributed by atoms with Crippen LogP contribution in [0.15, 0.2) is 66.7 Å². The van der Waals surface area contributed by atoms with Gasteiger partial charge in [-0.15, -0.1) is 0 Å². The van der Waals surface area contributed by atoms with Crippen LogP contribution in [0, 0.1) is 5.41 Å². The van der Waals surface area contributed by atoms with Crippen LogP contribution in [0.5, 0.6) is 0 Å². The fourth-order valence-electron chi connectivity index (χ4n) is 3.29. The van der Waals surface area contributed by atoms with E-state index >= 15 is 0 Å². The molecule has 108 valence electrons. The maximum atomic E-state index is 7.53. The number of nitrogen functional groups attached to an aromatic ring is 1. The third-order valence-electron chi connectivity index (χ3n) is 4.62. The first-order chi connectivity index (χ1) is 10.7. The predicted octanol–water partition coefficient (Wildman–Crippen LogP) is 4.39. The molecule has 0 saturated heterocycles. The summed E-state index contributed by atoms with van der Waals surface area (Å²) in [4.78, 5) is 0. The zero-order chi connectivity index (χ0) is 15.1. The van der Waals surface area contributed by atoms with Crippen molar-refractivity contribution in [2.75, 3.05) is 0 Å². The highest BCUT2D eigenvalue weighted by molar-refractivity contribution is 5.99. The van der Waals surface area contributed by atoms with Crippen molar-refractivity contribution >= 4 is 16.6 Å². The van der Waals surface area contributed by atoms with Gasteiger partial charge in [-0.2, -0.15) is 0 Å². The van der Waals surface area contributed by atoms with E-state index in [0.29, 0.717) is 11.8 Å². The molecule has 4 rings (SSSR count). The van der Waals surface area contributed by atoms with Crippen LogP contribution in [-0.2, 0) is 0 Å². The Bertz CT molecular complexity index is 852. The van der Waals surface area contributed by atoms with Gasteiger partial charge in [-0.05, 0) is 46.2 Å². The monoisotopic (exact) mass is 286 g/mol. The van der Waals surface area contributed by atoms with Gasteiger partial charge in [0, 0.05) is 5.56 Å². The summed E-state index contributed by atoms with van der Waals surface area (Å²) in [5.41, 5.74) is 9.20. The molecule has 22 heavy (non-hydrogen) atoms. The Hall–Kier alpha value is -2.61. The Morgan fingerprint density at radius 1 is 0.818 bits per heavy atom. The summed E-state index contributed by atoms with van der Waals surface area (Å²) >= 11 is 0. The largest absolute Gasteiger partial charge is 0.384 e. The Morgan fingerprint density at radius 3 is 2.27 bits per heavy atom. The van der Waals surface area contributed by atoms with E-state index in [2.05, 4.69) is 54.6 Å². The van der Waals surface area contributed by atoms with Gasteiger partial charge in [0.05, 0.1) is 0 Å². The van der Waals surface area contributed by atoms with Gasteiger partial charge in [0.1, 0.15) is 5.84 Å². The molecule has 2 nitrogen and oxygen atoms in total. The molecule has 0 radical (unpaired) electrons. The molecule has 3 N–H and O–H groups in total. The number of nitrogens with two attached hydrogens (primary N) is 1. The average molecular weight is 286 g/mol. The maximum absolute atomic E-state index is 7.53. The lowest BCUT2D eigenvalue weighted by atomic mass is 10.00. The highest BCUT2D eigenvalue weighted by Crippen LogP contribution is 2.54. The Balaban J connectivity index is 1.64. The van der Waals surface area contributed by atoms with E-state index in [0.717, 1.165) is 10.9 Å². The predicted molar refractivity (Wildman–Crippen MR) is 91.5 cm³/mol. The standard InChI is InChI=1S/C20H18N2/c21-20(22)17-9-7-14-10-16(8-6-15(14)11-17)19-12-18(19)13-4-2-1-3-5-13/h1-11,18-19H,12H2,(H3,21,22)/t18-,19+/m0/s1. The van der Waals surface area contributed by atoms with Crippen LogP contribution in [-0.4, -0.2) is 5.84 Å². The fourth-order valence-corrected chi connectivity index (χ4v) is 3.29. The van der Waals surface area contributed by atoms with E-state index in [9.17, 15) is 0 Å². The van der Waals surface area contributed by atoms with Gasteiger partial charge in [-0.25, -0.2) is 0 Å². The third-order valence-corrected chi connectivity index (χ3v) is 4.62. The Morgan fingerprint density at radius 2 is 1.50 bits per heavy atom. The van der Waals surface area contributed by atoms with Crippen LogP contribution in [0.4, 0.5) is 0 Å². The molecule has 0 amide bonds. The smallest absolute Gasteiger partial charge is 0.122 e. The number of rotatable bonds is 3. The molecule has 1 saturated carbocycles. The quantitative estimate of drug-likeness (QED) is 0.544. The second-order valence-corrected chi connectivity index (χ2v) is 6.09. The van der Waals surface area contributed by atoms with E-state index in [4.69, 9.17) is 11.1 Å². The van der Waals surface area contributed by atoms with Gasteiger partial charge in [0.2, 0.25) is 0 Å². The zero-order valence-electron chi connectivity index (χ0n) is 12.3. The summed E-state index contributed by atoms with van der Waals surface area (Å²) in [6, 6.07) is 23.4. The molecule has 0 aromatic heterocycles. The number of fused-ring (bicyclic) bond motifs is 1. The molecule has 2 heteroatoms. The molecule has 2 atom stereocenters. The Kier molecular flexibility index (Phi) is 2.97. The molecule has 0 heterocycles. The summed E-state index contributed by atoms with van der Waals surface area (Å²) in [7, 11) is 0. The molecule has 3 aromatic rings. The van der Waals surface area contributed by atoms with Crippen molar-refractivity contribution in [3.8, 4) is 0 Å². The van der Waals surface area contributed by atoms with Gasteiger partial charge in [-0.1, -0.05) is 60.7 Å². The minimum Gasteiger partial charge on any atom is -0.384 e. The summed E-state index contributed by atoms with van der Waals surface area (Å²) < 4.78 is 0. The summed E-state index contributed by atoms with van der Waals surface area (Å²) in [5, 5.41) is 9.90. The van der Waals surface area contributed by atoms with Gasteiger partial charge in [0.25, 0.3) is 0 Å². The number of hydrogen-bond donors (Lipinski definition) is 2. The summed E-state index contributed by atoms with van der Waals surface area (Å²) in [5.74, 6) is 1.42. The minimum atomic E-state index is 0.123. The van der Waals surface area contributed by atoms with Crippen LogP contribution in [0.25, 0.3) is 10.8 Å².